The van der Waals surface area contributed by atoms with Gasteiger partial charge in [0.15, 0.2) is 5.96 Å². The summed E-state index contributed by atoms with van der Waals surface area (Å²) in [6, 6.07) is 0. The molecule has 0 aromatic carbocycles. The van der Waals surface area contributed by atoms with E-state index in [0.717, 1.165) is 32.8 Å². The molecular formula is C16H33N5O3. The largest absolute Gasteiger partial charge is 0.383 e. The summed E-state index contributed by atoms with van der Waals surface area (Å²) < 4.78 is 10.5. The molecule has 0 radical (unpaired) electrons. The second-order valence-electron chi connectivity index (χ2n) is 6.64. The van der Waals surface area contributed by atoms with Crippen LogP contribution >= 0.6 is 0 Å². The molecule has 0 unspecified atom stereocenters. The summed E-state index contributed by atoms with van der Waals surface area (Å²) in [4.78, 5) is 20.1. The number of carbonyl (C=O) groups excluding carboxylic acids is 1. The van der Waals surface area contributed by atoms with Gasteiger partial charge in [0, 0.05) is 52.9 Å². The number of nitrogens with one attached hydrogen (secondary N) is 2. The second-order valence-corrected chi connectivity index (χ2v) is 6.64. The topological polar surface area (TPSA) is 78.4 Å². The zero-order chi connectivity index (χ0) is 18.0. The van der Waals surface area contributed by atoms with Gasteiger partial charge >= 0.3 is 0 Å². The van der Waals surface area contributed by atoms with E-state index < -0.39 is 0 Å². The van der Waals surface area contributed by atoms with Gasteiger partial charge in [-0.05, 0) is 13.8 Å². The van der Waals surface area contributed by atoms with Crippen LogP contribution in [0, 0.1) is 0 Å². The van der Waals surface area contributed by atoms with E-state index in [-0.39, 0.29) is 18.0 Å². The normalized spacial score (nSPS) is 16.8. The van der Waals surface area contributed by atoms with Gasteiger partial charge in [0.1, 0.15) is 6.54 Å². The summed E-state index contributed by atoms with van der Waals surface area (Å²) in [5.41, 5.74) is -0.0287. The molecule has 8 nitrogen and oxygen atoms in total. The number of rotatable bonds is 8. The SMILES string of the molecule is COCCNC(=NCC(=O)N(C)C)NCC(C)(C)N1CCOCC1. The van der Waals surface area contributed by atoms with Crippen molar-refractivity contribution in [3.63, 3.8) is 0 Å². The first kappa shape index (κ1) is 20.7. The number of likely N-dealkylation sites (N-methyl/N-ethyl adjacent to an activating group) is 1. The van der Waals surface area contributed by atoms with Crippen molar-refractivity contribution in [2.75, 3.05) is 73.7 Å². The summed E-state index contributed by atoms with van der Waals surface area (Å²) in [6.07, 6.45) is 0. The first-order valence-corrected chi connectivity index (χ1v) is 8.41. The average Bonchev–Trinajstić information content (AvgIpc) is 2.57. The van der Waals surface area contributed by atoms with Crippen LogP contribution in [0.2, 0.25) is 0 Å². The maximum atomic E-state index is 11.7. The summed E-state index contributed by atoms with van der Waals surface area (Å²) in [6.45, 7) is 9.85. The number of hydrogen-bond acceptors (Lipinski definition) is 5. The minimum Gasteiger partial charge on any atom is -0.383 e. The lowest BCUT2D eigenvalue weighted by molar-refractivity contribution is -0.127. The van der Waals surface area contributed by atoms with Crippen LogP contribution in [0.4, 0.5) is 0 Å². The van der Waals surface area contributed by atoms with E-state index in [1.54, 1.807) is 21.2 Å². The van der Waals surface area contributed by atoms with Crippen LogP contribution in [0.15, 0.2) is 4.99 Å². The van der Waals surface area contributed by atoms with Gasteiger partial charge in [0.25, 0.3) is 0 Å². The number of carbonyl (C=O) groups is 1. The zero-order valence-electron chi connectivity index (χ0n) is 15.7. The maximum Gasteiger partial charge on any atom is 0.243 e. The van der Waals surface area contributed by atoms with Crippen LogP contribution in [0.25, 0.3) is 0 Å². The van der Waals surface area contributed by atoms with E-state index in [9.17, 15) is 4.79 Å². The summed E-state index contributed by atoms with van der Waals surface area (Å²) in [5.74, 6) is 0.596. The summed E-state index contributed by atoms with van der Waals surface area (Å²) in [5, 5.41) is 6.53. The first-order chi connectivity index (χ1) is 11.4. The molecule has 1 aliphatic heterocycles. The fourth-order valence-electron chi connectivity index (χ4n) is 2.31. The Morgan fingerprint density at radius 2 is 1.96 bits per heavy atom. The molecule has 1 fully saturated rings. The van der Waals surface area contributed by atoms with Crippen molar-refractivity contribution in [1.29, 1.82) is 0 Å². The molecule has 0 atom stereocenters. The lowest BCUT2D eigenvalue weighted by atomic mass is 10.0. The smallest absolute Gasteiger partial charge is 0.243 e. The van der Waals surface area contributed by atoms with Crippen LogP contribution < -0.4 is 10.6 Å². The Morgan fingerprint density at radius 1 is 1.29 bits per heavy atom. The van der Waals surface area contributed by atoms with E-state index in [1.807, 2.05) is 0 Å². The number of morpholine rings is 1. The van der Waals surface area contributed by atoms with Gasteiger partial charge in [-0.1, -0.05) is 0 Å². The van der Waals surface area contributed by atoms with Gasteiger partial charge in [0.2, 0.25) is 5.91 Å². The van der Waals surface area contributed by atoms with Crippen molar-refractivity contribution in [2.24, 2.45) is 4.99 Å². The van der Waals surface area contributed by atoms with E-state index in [1.165, 1.54) is 4.90 Å². The standard InChI is InChI=1S/C16H33N5O3/c1-16(2,21-7-10-24-11-8-21)13-19-15(17-6-9-23-5)18-12-14(22)20(3)4/h6-13H2,1-5H3,(H2,17,18,19). The Balaban J connectivity index is 2.58. The number of hydrogen-bond donors (Lipinski definition) is 2. The minimum atomic E-state index is -0.0321. The molecule has 1 amide bonds. The maximum absolute atomic E-state index is 11.7. The minimum absolute atomic E-state index is 0.0287. The Hall–Kier alpha value is -1.38. The quantitative estimate of drug-likeness (QED) is 0.347. The Morgan fingerprint density at radius 3 is 2.54 bits per heavy atom. The average molecular weight is 343 g/mol. The molecule has 1 saturated heterocycles. The number of guanidine groups is 1. The third-order valence-electron chi connectivity index (χ3n) is 4.03. The molecular weight excluding hydrogens is 310 g/mol. The third kappa shape index (κ3) is 7.46. The Bertz CT molecular complexity index is 407. The van der Waals surface area contributed by atoms with Gasteiger partial charge in [-0.25, -0.2) is 4.99 Å². The number of ether oxygens (including phenoxy) is 2. The third-order valence-corrected chi connectivity index (χ3v) is 4.03. The molecule has 24 heavy (non-hydrogen) atoms. The summed E-state index contributed by atoms with van der Waals surface area (Å²) >= 11 is 0. The van der Waals surface area contributed by atoms with Gasteiger partial charge in [-0.3, -0.25) is 9.69 Å². The van der Waals surface area contributed by atoms with Crippen LogP contribution in [-0.2, 0) is 14.3 Å². The number of amides is 1. The molecule has 0 saturated carbocycles. The molecule has 0 bridgehead atoms. The van der Waals surface area contributed by atoms with E-state index in [4.69, 9.17) is 9.47 Å². The lowest BCUT2D eigenvalue weighted by Gasteiger charge is -2.41. The molecule has 0 aromatic heterocycles. The summed E-state index contributed by atoms with van der Waals surface area (Å²) in [7, 11) is 5.11. The van der Waals surface area contributed by atoms with Crippen molar-refractivity contribution in [3.8, 4) is 0 Å². The number of methoxy groups -OCH3 is 1. The molecule has 0 spiro atoms. The fraction of sp³-hybridized carbons (Fsp3) is 0.875. The van der Waals surface area contributed by atoms with Crippen molar-refractivity contribution >= 4 is 11.9 Å². The van der Waals surface area contributed by atoms with E-state index >= 15 is 0 Å². The number of nitrogens with zero attached hydrogens (tertiary/aromatic N) is 3. The molecule has 1 heterocycles. The molecule has 1 aliphatic rings. The lowest BCUT2D eigenvalue weighted by Crippen LogP contribution is -2.56. The van der Waals surface area contributed by atoms with Crippen LogP contribution in [0.5, 0.6) is 0 Å². The highest BCUT2D eigenvalue weighted by Gasteiger charge is 2.28. The molecule has 1 rings (SSSR count). The zero-order valence-corrected chi connectivity index (χ0v) is 15.7. The molecule has 2 N–H and O–H groups in total. The molecule has 0 aliphatic carbocycles. The highest BCUT2D eigenvalue weighted by atomic mass is 16.5. The monoisotopic (exact) mass is 343 g/mol. The van der Waals surface area contributed by atoms with Gasteiger partial charge in [0.05, 0.1) is 19.8 Å². The van der Waals surface area contributed by atoms with Gasteiger partial charge in [-0.15, -0.1) is 0 Å². The van der Waals surface area contributed by atoms with Gasteiger partial charge in [-0.2, -0.15) is 0 Å². The van der Waals surface area contributed by atoms with Crippen LogP contribution in [-0.4, -0.2) is 101 Å². The highest BCUT2D eigenvalue weighted by Crippen LogP contribution is 2.14. The van der Waals surface area contributed by atoms with Crippen molar-refractivity contribution in [2.45, 2.75) is 19.4 Å². The molecule has 0 aromatic rings. The first-order valence-electron chi connectivity index (χ1n) is 8.41. The fourth-order valence-corrected chi connectivity index (χ4v) is 2.31. The number of aliphatic imine (C=N–C) groups is 1. The second kappa shape index (κ2) is 10.5. The highest BCUT2D eigenvalue weighted by molar-refractivity contribution is 5.84. The van der Waals surface area contributed by atoms with Crippen molar-refractivity contribution < 1.29 is 14.3 Å². The van der Waals surface area contributed by atoms with Gasteiger partial charge < -0.3 is 25.0 Å². The molecule has 140 valence electrons. The van der Waals surface area contributed by atoms with Crippen LogP contribution in [0.3, 0.4) is 0 Å². The predicted molar refractivity (Wildman–Crippen MR) is 95.3 cm³/mol. The van der Waals surface area contributed by atoms with Crippen molar-refractivity contribution in [1.82, 2.24) is 20.4 Å². The predicted octanol–water partition coefficient (Wildman–Crippen LogP) is -0.633. The Labute approximate surface area is 145 Å². The Kier molecular flexibility index (Phi) is 9.02. The van der Waals surface area contributed by atoms with Crippen molar-refractivity contribution in [3.05, 3.63) is 0 Å². The molecule has 8 heteroatoms. The van der Waals surface area contributed by atoms with E-state index in [0.29, 0.717) is 19.1 Å². The van der Waals surface area contributed by atoms with Crippen LogP contribution in [0.1, 0.15) is 13.8 Å². The van der Waals surface area contributed by atoms with E-state index in [2.05, 4.69) is 34.4 Å².